The number of para-hydroxylation sites is 1. The van der Waals surface area contributed by atoms with Crippen molar-refractivity contribution in [2.75, 3.05) is 38.2 Å². The first-order valence-electron chi connectivity index (χ1n) is 12.6. The molecule has 6 heteroatoms. The van der Waals surface area contributed by atoms with Crippen molar-refractivity contribution in [3.8, 4) is 5.75 Å². The highest BCUT2D eigenvalue weighted by Gasteiger charge is 2.30. The fourth-order valence-electron chi connectivity index (χ4n) is 5.33. The first-order valence-corrected chi connectivity index (χ1v) is 12.6. The smallest absolute Gasteiger partial charge is 0.227 e. The number of rotatable bonds is 11. The average Bonchev–Trinajstić information content (AvgIpc) is 2.85. The van der Waals surface area contributed by atoms with E-state index in [2.05, 4.69) is 36.1 Å². The largest absolute Gasteiger partial charge is 0.496 e. The predicted molar refractivity (Wildman–Crippen MR) is 140 cm³/mol. The lowest BCUT2D eigenvalue weighted by Gasteiger charge is -2.36. The van der Waals surface area contributed by atoms with Crippen LogP contribution in [0.2, 0.25) is 0 Å². The van der Waals surface area contributed by atoms with Gasteiger partial charge >= 0.3 is 0 Å². The van der Waals surface area contributed by atoms with Gasteiger partial charge in [0.2, 0.25) is 5.91 Å². The molecule has 1 unspecified atom stereocenters. The summed E-state index contributed by atoms with van der Waals surface area (Å²) in [4.78, 5) is 16.7. The molecule has 0 aliphatic carbocycles. The van der Waals surface area contributed by atoms with Crippen molar-refractivity contribution in [3.63, 3.8) is 0 Å². The van der Waals surface area contributed by atoms with Crippen molar-refractivity contribution < 1.29 is 14.6 Å². The Morgan fingerprint density at radius 3 is 2.62 bits per heavy atom. The molecular formula is C28H39ClN2O3. The Labute approximate surface area is 210 Å². The van der Waals surface area contributed by atoms with E-state index in [4.69, 9.17) is 4.74 Å². The number of amides is 1. The van der Waals surface area contributed by atoms with E-state index in [-0.39, 0.29) is 18.3 Å². The van der Waals surface area contributed by atoms with Gasteiger partial charge in [0.15, 0.2) is 0 Å². The monoisotopic (exact) mass is 486 g/mol. The molecule has 2 aliphatic rings. The molecule has 0 fully saturated rings. The van der Waals surface area contributed by atoms with E-state index in [9.17, 15) is 9.90 Å². The van der Waals surface area contributed by atoms with Crippen molar-refractivity contribution >= 4 is 24.0 Å². The van der Waals surface area contributed by atoms with Gasteiger partial charge in [0.1, 0.15) is 5.75 Å². The molecule has 1 atom stereocenters. The minimum atomic E-state index is -0.428. The van der Waals surface area contributed by atoms with Crippen LogP contribution in [0.4, 0.5) is 5.69 Å². The zero-order chi connectivity index (χ0) is 23.2. The normalized spacial score (nSPS) is 15.6. The molecule has 1 amide bonds. The van der Waals surface area contributed by atoms with E-state index in [1.165, 1.54) is 16.7 Å². The highest BCUT2D eigenvalue weighted by Crippen LogP contribution is 2.38. The number of methoxy groups -OCH3 is 1. The number of aliphatic hydroxyl groups is 1. The summed E-state index contributed by atoms with van der Waals surface area (Å²) in [5.74, 6) is 1.22. The van der Waals surface area contributed by atoms with Gasteiger partial charge in [-0.2, -0.15) is 0 Å². The fourth-order valence-corrected chi connectivity index (χ4v) is 5.33. The lowest BCUT2D eigenvalue weighted by Crippen LogP contribution is -2.39. The molecular weight excluding hydrogens is 448 g/mol. The molecule has 0 saturated heterocycles. The van der Waals surface area contributed by atoms with Gasteiger partial charge in [-0.05, 0) is 86.4 Å². The van der Waals surface area contributed by atoms with Crippen molar-refractivity contribution in [2.45, 2.75) is 64.4 Å². The Morgan fingerprint density at radius 2 is 1.85 bits per heavy atom. The average molecular weight is 487 g/mol. The van der Waals surface area contributed by atoms with Gasteiger partial charge < -0.3 is 19.6 Å². The summed E-state index contributed by atoms with van der Waals surface area (Å²) in [6.07, 6.45) is 6.83. The third-order valence-corrected chi connectivity index (χ3v) is 7.22. The summed E-state index contributed by atoms with van der Waals surface area (Å²) in [5, 5.41) is 10.9. The van der Waals surface area contributed by atoms with Crippen LogP contribution in [-0.4, -0.2) is 49.2 Å². The number of likely N-dealkylation sites (N-methyl/N-ethyl adjacent to an activating group) is 1. The number of aliphatic hydroxyl groups excluding tert-OH is 1. The third-order valence-electron chi connectivity index (χ3n) is 7.22. The molecule has 0 saturated carbocycles. The highest BCUT2D eigenvalue weighted by atomic mass is 35.5. The molecule has 0 aromatic heterocycles. The van der Waals surface area contributed by atoms with Gasteiger partial charge in [0, 0.05) is 19.5 Å². The number of hydrogen-bond donors (Lipinski definition) is 1. The maximum atomic E-state index is 12.3. The Morgan fingerprint density at radius 1 is 1.09 bits per heavy atom. The van der Waals surface area contributed by atoms with Gasteiger partial charge in [-0.25, -0.2) is 0 Å². The van der Waals surface area contributed by atoms with E-state index in [0.29, 0.717) is 6.42 Å². The zero-order valence-corrected chi connectivity index (χ0v) is 21.4. The van der Waals surface area contributed by atoms with E-state index in [0.717, 1.165) is 88.1 Å². The van der Waals surface area contributed by atoms with Gasteiger partial charge in [0.25, 0.3) is 0 Å². The van der Waals surface area contributed by atoms with Crippen LogP contribution in [0.15, 0.2) is 36.4 Å². The summed E-state index contributed by atoms with van der Waals surface area (Å²) < 4.78 is 5.48. The van der Waals surface area contributed by atoms with Crippen molar-refractivity contribution in [1.29, 1.82) is 0 Å². The quantitative estimate of drug-likeness (QED) is 0.448. The Balaban J connectivity index is 0.00000324. The molecule has 0 bridgehead atoms. The van der Waals surface area contributed by atoms with E-state index < -0.39 is 6.10 Å². The molecule has 2 aromatic rings. The predicted octanol–water partition coefficient (Wildman–Crippen LogP) is 5.11. The number of anilines is 1. The topological polar surface area (TPSA) is 53.0 Å². The Kier molecular flexibility index (Phi) is 9.81. The molecule has 2 aliphatic heterocycles. The Hall–Kier alpha value is -2.08. The van der Waals surface area contributed by atoms with Crippen LogP contribution in [0, 0.1) is 0 Å². The minimum absolute atomic E-state index is 0. The van der Waals surface area contributed by atoms with Crippen LogP contribution < -0.4 is 9.64 Å². The molecule has 4 rings (SSSR count). The van der Waals surface area contributed by atoms with Gasteiger partial charge in [-0.1, -0.05) is 37.3 Å². The van der Waals surface area contributed by atoms with Crippen molar-refractivity contribution in [2.24, 2.45) is 0 Å². The summed E-state index contributed by atoms with van der Waals surface area (Å²) in [7, 11) is 1.73. The van der Waals surface area contributed by atoms with E-state index >= 15 is 0 Å². The minimum Gasteiger partial charge on any atom is -0.496 e. The second-order valence-corrected chi connectivity index (χ2v) is 9.34. The molecule has 34 heavy (non-hydrogen) atoms. The van der Waals surface area contributed by atoms with Gasteiger partial charge in [-0.15, -0.1) is 12.4 Å². The molecule has 0 radical (unpaired) electrons. The number of hydrogen-bond acceptors (Lipinski definition) is 4. The third kappa shape index (κ3) is 6.12. The molecule has 0 spiro atoms. The van der Waals surface area contributed by atoms with Crippen molar-refractivity contribution in [1.82, 2.24) is 4.90 Å². The van der Waals surface area contributed by atoms with E-state index in [1.54, 1.807) is 7.11 Å². The summed E-state index contributed by atoms with van der Waals surface area (Å²) in [5.41, 5.74) is 5.92. The number of nitrogens with zero attached hydrogens (tertiary/aromatic N) is 2. The molecule has 186 valence electrons. The van der Waals surface area contributed by atoms with Crippen molar-refractivity contribution in [3.05, 3.63) is 58.7 Å². The van der Waals surface area contributed by atoms with Crippen LogP contribution in [0.3, 0.4) is 0 Å². The van der Waals surface area contributed by atoms with Crippen LogP contribution in [0.1, 0.15) is 67.4 Å². The second kappa shape index (κ2) is 12.6. The maximum Gasteiger partial charge on any atom is 0.227 e. The van der Waals surface area contributed by atoms with Gasteiger partial charge in [-0.3, -0.25) is 4.79 Å². The lowest BCUT2D eigenvalue weighted by molar-refractivity contribution is -0.119. The number of aryl methyl sites for hydroxylation is 2. The van der Waals surface area contributed by atoms with Crippen LogP contribution in [0.25, 0.3) is 0 Å². The van der Waals surface area contributed by atoms with Crippen LogP contribution in [-0.2, 0) is 24.1 Å². The summed E-state index contributed by atoms with van der Waals surface area (Å²) in [6.45, 7) is 6.14. The second-order valence-electron chi connectivity index (χ2n) is 9.34. The molecule has 2 heterocycles. The maximum absolute atomic E-state index is 12.3. The summed E-state index contributed by atoms with van der Waals surface area (Å²) in [6, 6.07) is 12.6. The first kappa shape index (κ1) is 26.5. The lowest BCUT2D eigenvalue weighted by atomic mass is 9.88. The summed E-state index contributed by atoms with van der Waals surface area (Å²) >= 11 is 0. The number of benzene rings is 2. The number of unbranched alkanes of at least 4 members (excludes halogenated alkanes) is 1. The molecule has 5 nitrogen and oxygen atoms in total. The first-order chi connectivity index (χ1) is 16.1. The number of carbonyl (C=O) groups excluding carboxylic acids is 1. The highest BCUT2D eigenvalue weighted by molar-refractivity contribution is 5.97. The van der Waals surface area contributed by atoms with E-state index in [1.807, 2.05) is 17.0 Å². The molecule has 2 aromatic carbocycles. The number of carbonyl (C=O) groups is 1. The van der Waals surface area contributed by atoms with Crippen LogP contribution >= 0.6 is 12.4 Å². The van der Waals surface area contributed by atoms with Crippen LogP contribution in [0.5, 0.6) is 5.75 Å². The number of halogens is 1. The standard InChI is InChI=1S/C28H38N2O3.ClH/c1-3-29(18-15-21-9-4-5-12-26(21)33-2)16-7-6-11-25(31)24-19-22-10-8-17-30-27(32)14-13-23(20-24)28(22)30;/h4-5,9,12,19-20,25,31H,3,6-8,10-11,13-18H2,1-2H3;1H. The Bertz CT molecular complexity index is 947. The van der Waals surface area contributed by atoms with Gasteiger partial charge in [0.05, 0.1) is 18.9 Å². The number of ether oxygens (including phenoxy) is 1. The molecule has 1 N–H and O–H groups in total. The SMILES string of the molecule is CCN(CCCCC(O)c1cc2c3c(c1)CCC(=O)N3CCC2)CCc1ccccc1OC.Cl. The fraction of sp³-hybridized carbons (Fsp3) is 0.536. The zero-order valence-electron chi connectivity index (χ0n) is 20.6.